The number of esters is 1. The molecule has 0 atom stereocenters. The van der Waals surface area contributed by atoms with E-state index < -0.39 is 32.4 Å². The van der Waals surface area contributed by atoms with Crippen molar-refractivity contribution in [2.45, 2.75) is 16.9 Å². The van der Waals surface area contributed by atoms with E-state index in [9.17, 15) is 13.2 Å². The first-order chi connectivity index (χ1) is 21.2. The molecule has 0 bridgehead atoms. The molecule has 0 unspecified atom stereocenters. The van der Waals surface area contributed by atoms with Crippen LogP contribution in [0.1, 0.15) is 32.6 Å². The zero-order valence-corrected chi connectivity index (χ0v) is 24.6. The molecule has 7 heteroatoms. The number of carbonyl (C=O) groups excluding carboxylic acids is 1. The Morgan fingerprint density at radius 3 is 1.57 bits per heavy atom. The zero-order chi connectivity index (χ0) is 31.0. The molecule has 44 heavy (non-hydrogen) atoms. The molecule has 0 spiro atoms. The summed E-state index contributed by atoms with van der Waals surface area (Å²) in [5, 5.41) is -2.00. The molecule has 0 radical (unpaired) electrons. The summed E-state index contributed by atoms with van der Waals surface area (Å²) < 4.78 is 65.1. The second-order valence-electron chi connectivity index (χ2n) is 10.7. The monoisotopic (exact) mass is 606 g/mol. The van der Waals surface area contributed by atoms with Crippen LogP contribution in [0.15, 0.2) is 140 Å². The summed E-state index contributed by atoms with van der Waals surface area (Å²) in [4.78, 5) is 13.6. The normalized spacial score (nSPS) is 12.3. The van der Waals surface area contributed by atoms with Gasteiger partial charge in [0.2, 0.25) is 9.84 Å². The Balaban J connectivity index is 1.48. The predicted molar refractivity (Wildman–Crippen MR) is 170 cm³/mol. The molecule has 6 aromatic rings. The number of hydrogen-bond acceptors (Lipinski definition) is 4. The predicted octanol–water partition coefficient (Wildman–Crippen LogP) is 8.46. The van der Waals surface area contributed by atoms with Crippen molar-refractivity contribution < 1.29 is 26.7 Å². The number of aryl methyl sites for hydroxylation is 1. The average molecular weight is 607 g/mol. The number of benzene rings is 6. The molecule has 0 amide bonds. The summed E-state index contributed by atoms with van der Waals surface area (Å²) in [6.07, 6.45) is 0. The number of fused-ring (bicyclic) bond motifs is 2. The third-order valence-electron chi connectivity index (χ3n) is 7.96. The Hall–Kier alpha value is -4.88. The van der Waals surface area contributed by atoms with Crippen LogP contribution < -0.4 is 0 Å². The molecule has 4 nitrogen and oxygen atoms in total. The van der Waals surface area contributed by atoms with E-state index in [4.69, 9.17) is 4.74 Å². The summed E-state index contributed by atoms with van der Waals surface area (Å²) in [6.45, 7) is 0.162. The number of hydrogen-bond donors (Lipinski definition) is 0. The van der Waals surface area contributed by atoms with Gasteiger partial charge in [-0.2, -0.15) is 8.78 Å². The SMILES string of the molecule is Cc1ccc(C(c2ccccc2)(c2ccccc2)S(=O)(=O)C(F)(F)COC(=O)c2c3ccccc3cc3ccccc23)cc1. The van der Waals surface area contributed by atoms with Crippen LogP contribution in [0.3, 0.4) is 0 Å². The van der Waals surface area contributed by atoms with Gasteiger partial charge in [0.05, 0.1) is 5.56 Å². The van der Waals surface area contributed by atoms with Gasteiger partial charge in [0.15, 0.2) is 11.4 Å². The maximum Gasteiger partial charge on any atom is 0.380 e. The molecule has 0 heterocycles. The van der Waals surface area contributed by atoms with Crippen LogP contribution in [0.4, 0.5) is 8.78 Å². The molecule has 6 rings (SSSR count). The van der Waals surface area contributed by atoms with Crippen LogP contribution in [0, 0.1) is 6.92 Å². The van der Waals surface area contributed by atoms with E-state index in [-0.39, 0.29) is 22.3 Å². The second-order valence-corrected chi connectivity index (χ2v) is 12.9. The number of ether oxygens (including phenoxy) is 1. The van der Waals surface area contributed by atoms with Gasteiger partial charge in [0.1, 0.15) is 0 Å². The summed E-state index contributed by atoms with van der Waals surface area (Å²) in [5.41, 5.74) is 1.36. The molecule has 220 valence electrons. The highest BCUT2D eigenvalue weighted by Gasteiger charge is 2.61. The van der Waals surface area contributed by atoms with Crippen molar-refractivity contribution in [2.75, 3.05) is 6.61 Å². The van der Waals surface area contributed by atoms with Gasteiger partial charge in [-0.15, -0.1) is 0 Å². The van der Waals surface area contributed by atoms with E-state index in [0.29, 0.717) is 10.8 Å². The molecule has 0 saturated heterocycles. The van der Waals surface area contributed by atoms with E-state index in [0.717, 1.165) is 16.3 Å². The topological polar surface area (TPSA) is 60.4 Å². The minimum absolute atomic E-state index is 0.0998. The van der Waals surface area contributed by atoms with Gasteiger partial charge in [0.25, 0.3) is 0 Å². The highest BCUT2D eigenvalue weighted by atomic mass is 32.2. The van der Waals surface area contributed by atoms with Crippen molar-refractivity contribution >= 4 is 37.4 Å². The van der Waals surface area contributed by atoms with Crippen molar-refractivity contribution in [1.29, 1.82) is 0 Å². The van der Waals surface area contributed by atoms with Gasteiger partial charge in [-0.05, 0) is 51.2 Å². The number of sulfone groups is 1. The lowest BCUT2D eigenvalue weighted by Crippen LogP contribution is -2.49. The van der Waals surface area contributed by atoms with Gasteiger partial charge >= 0.3 is 11.2 Å². The molecule has 0 aliphatic rings. The van der Waals surface area contributed by atoms with Crippen molar-refractivity contribution in [2.24, 2.45) is 0 Å². The summed E-state index contributed by atoms with van der Waals surface area (Å²) in [7, 11) is -5.51. The fourth-order valence-electron chi connectivity index (χ4n) is 5.86. The third kappa shape index (κ3) is 4.74. The highest BCUT2D eigenvalue weighted by Crippen LogP contribution is 2.49. The van der Waals surface area contributed by atoms with Crippen molar-refractivity contribution in [3.05, 3.63) is 167 Å². The second kappa shape index (κ2) is 11.3. The third-order valence-corrected chi connectivity index (χ3v) is 10.4. The van der Waals surface area contributed by atoms with Crippen LogP contribution in [0.2, 0.25) is 0 Å². The fraction of sp³-hybridized carbons (Fsp3) is 0.108. The number of carbonyl (C=O) groups is 1. The Kier molecular flexibility index (Phi) is 7.51. The lowest BCUT2D eigenvalue weighted by atomic mass is 9.84. The Morgan fingerprint density at radius 2 is 1.07 bits per heavy atom. The Bertz CT molecular complexity index is 1980. The Morgan fingerprint density at radius 1 is 0.636 bits per heavy atom. The average Bonchev–Trinajstić information content (AvgIpc) is 3.04. The number of rotatable bonds is 8. The van der Waals surface area contributed by atoms with E-state index in [2.05, 4.69) is 0 Å². The van der Waals surface area contributed by atoms with Gasteiger partial charge in [-0.25, -0.2) is 13.2 Å². The fourth-order valence-corrected chi connectivity index (χ4v) is 7.86. The molecule has 0 N–H and O–H groups in total. The van der Waals surface area contributed by atoms with E-state index in [1.807, 2.05) is 37.3 Å². The molecule has 0 fully saturated rings. The van der Waals surface area contributed by atoms with Gasteiger partial charge in [-0.3, -0.25) is 0 Å². The molecule has 0 saturated carbocycles. The largest absolute Gasteiger partial charge is 0.454 e. The first-order valence-electron chi connectivity index (χ1n) is 14.0. The van der Waals surface area contributed by atoms with Crippen molar-refractivity contribution in [3.8, 4) is 0 Å². The standard InChI is InChI=1S/C37H28F2O4S/c1-26-20-22-31(23-21-26)37(29-14-4-2-5-15-29,30-16-6-3-7-17-30)44(41,42)36(38,39)25-43-35(40)34-32-18-10-8-12-27(32)24-28-13-9-11-19-33(28)34/h2-24H,25H2,1H3. The first kappa shape index (κ1) is 29.2. The molecule has 0 aliphatic carbocycles. The van der Waals surface area contributed by atoms with Crippen LogP contribution >= 0.6 is 0 Å². The number of halogens is 2. The lowest BCUT2D eigenvalue weighted by molar-refractivity contribution is -0.00593. The van der Waals surface area contributed by atoms with Crippen molar-refractivity contribution in [1.82, 2.24) is 0 Å². The first-order valence-corrected chi connectivity index (χ1v) is 15.5. The summed E-state index contributed by atoms with van der Waals surface area (Å²) in [5.74, 6) is -1.03. The smallest absolute Gasteiger partial charge is 0.380 e. The van der Waals surface area contributed by atoms with Crippen LogP contribution in [0.25, 0.3) is 21.5 Å². The van der Waals surface area contributed by atoms with E-state index in [1.165, 1.54) is 24.3 Å². The van der Waals surface area contributed by atoms with Gasteiger partial charge in [0, 0.05) is 0 Å². The van der Waals surface area contributed by atoms with Gasteiger partial charge in [-0.1, -0.05) is 139 Å². The molecular formula is C37H28F2O4S. The van der Waals surface area contributed by atoms with Gasteiger partial charge < -0.3 is 4.74 Å². The van der Waals surface area contributed by atoms with Crippen molar-refractivity contribution in [3.63, 3.8) is 0 Å². The molecule has 0 aromatic heterocycles. The maximum absolute atomic E-state index is 16.5. The highest BCUT2D eigenvalue weighted by molar-refractivity contribution is 7.93. The van der Waals surface area contributed by atoms with E-state index in [1.54, 1.807) is 84.9 Å². The molecular weight excluding hydrogens is 578 g/mol. The Labute approximate surface area is 254 Å². The maximum atomic E-state index is 16.5. The van der Waals surface area contributed by atoms with Crippen LogP contribution in [0.5, 0.6) is 0 Å². The van der Waals surface area contributed by atoms with E-state index >= 15 is 8.78 Å². The molecule has 6 aromatic carbocycles. The zero-order valence-electron chi connectivity index (χ0n) is 23.8. The number of alkyl halides is 2. The quantitative estimate of drug-likeness (QED) is 0.0991. The minimum atomic E-state index is -5.51. The summed E-state index contributed by atoms with van der Waals surface area (Å²) in [6, 6.07) is 38.4. The summed E-state index contributed by atoms with van der Waals surface area (Å²) >= 11 is 0. The molecule has 0 aliphatic heterocycles. The van der Waals surface area contributed by atoms with Crippen LogP contribution in [-0.2, 0) is 19.3 Å². The minimum Gasteiger partial charge on any atom is -0.454 e. The van der Waals surface area contributed by atoms with Crippen LogP contribution in [-0.4, -0.2) is 26.2 Å². The lowest BCUT2D eigenvalue weighted by Gasteiger charge is -2.37.